The maximum atomic E-state index is 11.9. The highest BCUT2D eigenvalue weighted by Crippen LogP contribution is 2.13. The second kappa shape index (κ2) is 6.85. The number of carbonyl (C=O) groups is 2. The molecule has 0 aliphatic heterocycles. The molecule has 0 saturated carbocycles. The van der Waals surface area contributed by atoms with Crippen molar-refractivity contribution in [3.05, 3.63) is 46.4 Å². The first-order valence-electron chi connectivity index (χ1n) is 6.14. The van der Waals surface area contributed by atoms with Crippen LogP contribution in [0.4, 0.5) is 0 Å². The average molecular weight is 306 g/mol. The highest BCUT2D eigenvalue weighted by Gasteiger charge is 2.11. The number of carbonyl (C=O) groups excluding carboxylic acids is 1. The summed E-state index contributed by atoms with van der Waals surface area (Å²) in [6.45, 7) is 0.361. The van der Waals surface area contributed by atoms with E-state index in [0.29, 0.717) is 6.54 Å². The minimum atomic E-state index is -1.09. The molecule has 0 spiro atoms. The predicted octanol–water partition coefficient (Wildman–Crippen LogP) is 1.88. The summed E-state index contributed by atoms with van der Waals surface area (Å²) in [6.07, 6.45) is 2.60. The Kier molecular flexibility index (Phi) is 4.89. The van der Waals surface area contributed by atoms with E-state index in [-0.39, 0.29) is 23.8 Å². The van der Waals surface area contributed by atoms with Crippen LogP contribution < -0.4 is 4.74 Å². The van der Waals surface area contributed by atoms with Crippen molar-refractivity contribution >= 4 is 23.2 Å². The minimum absolute atomic E-state index is 0.0203. The summed E-state index contributed by atoms with van der Waals surface area (Å²) in [5, 5.41) is 10.8. The van der Waals surface area contributed by atoms with Crippen molar-refractivity contribution < 1.29 is 19.4 Å². The lowest BCUT2D eigenvalue weighted by Crippen LogP contribution is -2.30. The fourth-order valence-electron chi connectivity index (χ4n) is 1.59. The van der Waals surface area contributed by atoms with Gasteiger partial charge in [0.2, 0.25) is 0 Å². The Morgan fingerprint density at radius 1 is 1.43 bits per heavy atom. The number of amides is 1. The molecule has 2 aromatic heterocycles. The quantitative estimate of drug-likeness (QED) is 0.881. The Balaban J connectivity index is 1.88. The summed E-state index contributed by atoms with van der Waals surface area (Å²) >= 11 is 1.58. The number of rotatable bonds is 6. The largest absolute Gasteiger partial charge is 0.482 e. The van der Waals surface area contributed by atoms with Crippen LogP contribution in [0.5, 0.6) is 5.75 Å². The number of carboxylic acid groups (broad SMARTS) is 1. The maximum Gasteiger partial charge on any atom is 0.337 e. The molecule has 0 aromatic carbocycles. The first kappa shape index (κ1) is 15.0. The molecule has 0 unspecified atom stereocenters. The number of nitrogens with zero attached hydrogens (tertiary/aromatic N) is 2. The van der Waals surface area contributed by atoms with Gasteiger partial charge in [0.1, 0.15) is 5.75 Å². The number of aromatic carboxylic acids is 1. The number of pyridine rings is 1. The van der Waals surface area contributed by atoms with Gasteiger partial charge >= 0.3 is 5.97 Å². The monoisotopic (exact) mass is 306 g/mol. The molecule has 2 aromatic rings. The summed E-state index contributed by atoms with van der Waals surface area (Å²) in [4.78, 5) is 29.1. The number of hydrogen-bond acceptors (Lipinski definition) is 5. The fraction of sp³-hybridized carbons (Fsp3) is 0.214. The van der Waals surface area contributed by atoms with Crippen molar-refractivity contribution in [3.8, 4) is 5.75 Å². The van der Waals surface area contributed by atoms with Gasteiger partial charge in [0, 0.05) is 18.1 Å². The molecular formula is C14H14N2O4S. The van der Waals surface area contributed by atoms with Gasteiger partial charge in [0.25, 0.3) is 5.91 Å². The van der Waals surface area contributed by atoms with Crippen LogP contribution in [0.1, 0.15) is 15.2 Å². The zero-order chi connectivity index (χ0) is 15.2. The molecule has 0 aliphatic carbocycles. The van der Waals surface area contributed by atoms with E-state index < -0.39 is 5.97 Å². The SMILES string of the molecule is CN(Cc1cccs1)C(=O)COc1cncc(C(=O)O)c1. The second-order valence-electron chi connectivity index (χ2n) is 4.33. The van der Waals surface area contributed by atoms with Gasteiger partial charge in [0.05, 0.1) is 18.3 Å². The van der Waals surface area contributed by atoms with Crippen molar-refractivity contribution in [1.29, 1.82) is 0 Å². The van der Waals surface area contributed by atoms with Crippen molar-refractivity contribution in [2.75, 3.05) is 13.7 Å². The summed E-state index contributed by atoms with van der Waals surface area (Å²) < 4.78 is 5.29. The Morgan fingerprint density at radius 3 is 2.90 bits per heavy atom. The first-order valence-corrected chi connectivity index (χ1v) is 7.01. The highest BCUT2D eigenvalue weighted by atomic mass is 32.1. The van der Waals surface area contributed by atoms with Crippen molar-refractivity contribution in [3.63, 3.8) is 0 Å². The summed E-state index contributed by atoms with van der Waals surface area (Å²) in [5.41, 5.74) is 0.0203. The van der Waals surface area contributed by atoms with E-state index in [9.17, 15) is 9.59 Å². The molecule has 2 rings (SSSR count). The second-order valence-corrected chi connectivity index (χ2v) is 5.36. The van der Waals surface area contributed by atoms with E-state index in [4.69, 9.17) is 9.84 Å². The highest BCUT2D eigenvalue weighted by molar-refractivity contribution is 7.09. The van der Waals surface area contributed by atoms with Crippen LogP contribution in [0, 0.1) is 0 Å². The van der Waals surface area contributed by atoms with Crippen LogP contribution >= 0.6 is 11.3 Å². The van der Waals surface area contributed by atoms with Gasteiger partial charge in [-0.05, 0) is 17.5 Å². The molecule has 7 heteroatoms. The lowest BCUT2D eigenvalue weighted by Gasteiger charge is -2.16. The zero-order valence-electron chi connectivity index (χ0n) is 11.4. The molecule has 0 fully saturated rings. The predicted molar refractivity (Wildman–Crippen MR) is 77.5 cm³/mol. The standard InChI is InChI=1S/C14H14N2O4S/c1-16(8-12-3-2-4-21-12)13(17)9-20-11-5-10(14(18)19)6-15-7-11/h2-7H,8-9H2,1H3,(H,18,19). The van der Waals surface area contributed by atoms with Crippen molar-refractivity contribution in [2.45, 2.75) is 6.54 Å². The minimum Gasteiger partial charge on any atom is -0.482 e. The van der Waals surface area contributed by atoms with Gasteiger partial charge in [-0.3, -0.25) is 9.78 Å². The number of ether oxygens (including phenoxy) is 1. The normalized spacial score (nSPS) is 10.1. The van der Waals surface area contributed by atoms with Crippen LogP contribution in [0.15, 0.2) is 36.0 Å². The van der Waals surface area contributed by atoms with E-state index >= 15 is 0 Å². The molecule has 0 saturated heterocycles. The third-order valence-corrected chi connectivity index (χ3v) is 3.58. The lowest BCUT2D eigenvalue weighted by molar-refractivity contribution is -0.132. The Bertz CT molecular complexity index is 628. The van der Waals surface area contributed by atoms with E-state index in [1.54, 1.807) is 23.3 Å². The molecule has 0 radical (unpaired) electrons. The lowest BCUT2D eigenvalue weighted by atomic mass is 10.3. The van der Waals surface area contributed by atoms with Crippen LogP contribution in [-0.4, -0.2) is 40.5 Å². The molecular weight excluding hydrogens is 292 g/mol. The molecule has 1 N–H and O–H groups in total. The van der Waals surface area contributed by atoms with E-state index in [1.165, 1.54) is 18.5 Å². The number of carboxylic acids is 1. The molecule has 110 valence electrons. The maximum absolute atomic E-state index is 11.9. The molecule has 0 bridgehead atoms. The molecule has 2 heterocycles. The van der Waals surface area contributed by atoms with Crippen molar-refractivity contribution in [1.82, 2.24) is 9.88 Å². The van der Waals surface area contributed by atoms with E-state index in [0.717, 1.165) is 4.88 Å². The van der Waals surface area contributed by atoms with Crippen LogP contribution in [0.3, 0.4) is 0 Å². The van der Waals surface area contributed by atoms with Crippen LogP contribution in [0.25, 0.3) is 0 Å². The van der Waals surface area contributed by atoms with E-state index in [1.807, 2.05) is 17.5 Å². The number of thiophene rings is 1. The van der Waals surface area contributed by atoms with Crippen LogP contribution in [0.2, 0.25) is 0 Å². The Hall–Kier alpha value is -2.41. The topological polar surface area (TPSA) is 79.7 Å². The first-order chi connectivity index (χ1) is 10.1. The van der Waals surface area contributed by atoms with Gasteiger partial charge in [-0.15, -0.1) is 11.3 Å². The fourth-order valence-corrected chi connectivity index (χ4v) is 2.35. The number of likely N-dealkylation sites (N-methyl/N-ethyl adjacent to an activating group) is 1. The Labute approximate surface area is 125 Å². The van der Waals surface area contributed by atoms with Crippen molar-refractivity contribution in [2.24, 2.45) is 0 Å². The van der Waals surface area contributed by atoms with E-state index in [2.05, 4.69) is 4.98 Å². The van der Waals surface area contributed by atoms with Gasteiger partial charge < -0.3 is 14.7 Å². The number of aromatic nitrogens is 1. The summed E-state index contributed by atoms with van der Waals surface area (Å²) in [5.74, 6) is -1.02. The van der Waals surface area contributed by atoms with Crippen LogP contribution in [-0.2, 0) is 11.3 Å². The van der Waals surface area contributed by atoms with Gasteiger partial charge in [0.15, 0.2) is 6.61 Å². The van der Waals surface area contributed by atoms with Gasteiger partial charge in [-0.25, -0.2) is 4.79 Å². The third kappa shape index (κ3) is 4.28. The summed E-state index contributed by atoms with van der Waals surface area (Å²) in [7, 11) is 1.69. The third-order valence-electron chi connectivity index (χ3n) is 2.72. The average Bonchev–Trinajstić information content (AvgIpc) is 2.97. The molecule has 1 amide bonds. The zero-order valence-corrected chi connectivity index (χ0v) is 12.2. The summed E-state index contributed by atoms with van der Waals surface area (Å²) in [6, 6.07) is 5.22. The Morgan fingerprint density at radius 2 is 2.24 bits per heavy atom. The molecule has 21 heavy (non-hydrogen) atoms. The number of hydrogen-bond donors (Lipinski definition) is 1. The molecule has 0 atom stereocenters. The van der Waals surface area contributed by atoms with Gasteiger partial charge in [-0.2, -0.15) is 0 Å². The molecule has 0 aliphatic rings. The molecule has 6 nitrogen and oxygen atoms in total. The van der Waals surface area contributed by atoms with Gasteiger partial charge in [-0.1, -0.05) is 6.07 Å². The smallest absolute Gasteiger partial charge is 0.337 e.